The normalized spacial score (nSPS) is 14.4. The fraction of sp³-hybridized carbons (Fsp3) is 0.300. The maximum absolute atomic E-state index is 13.5. The summed E-state index contributed by atoms with van der Waals surface area (Å²) in [6, 6.07) is 8.65. The van der Waals surface area contributed by atoms with Gasteiger partial charge in [0.05, 0.1) is 23.4 Å². The summed E-state index contributed by atoms with van der Waals surface area (Å²) in [5.41, 5.74) is 1.75. The molecule has 1 aliphatic carbocycles. The van der Waals surface area contributed by atoms with Crippen LogP contribution in [0.2, 0.25) is 5.02 Å². The molecule has 0 unspecified atom stereocenters. The summed E-state index contributed by atoms with van der Waals surface area (Å²) < 4.78 is 20.5. The Morgan fingerprint density at radius 3 is 2.87 bits per heavy atom. The fourth-order valence-corrected chi connectivity index (χ4v) is 3.28. The van der Waals surface area contributed by atoms with Crippen LogP contribution < -0.4 is 10.1 Å². The van der Waals surface area contributed by atoms with Gasteiger partial charge >= 0.3 is 6.09 Å². The van der Waals surface area contributed by atoms with Crippen LogP contribution >= 0.6 is 11.6 Å². The average molecular weight is 432 g/mol. The zero-order valence-corrected chi connectivity index (χ0v) is 16.8. The highest BCUT2D eigenvalue weighted by Gasteiger charge is 2.30. The first-order valence-corrected chi connectivity index (χ1v) is 9.80. The zero-order chi connectivity index (χ0) is 21.3. The molecule has 30 heavy (non-hydrogen) atoms. The molecule has 1 heterocycles. The van der Waals surface area contributed by atoms with E-state index in [1.54, 1.807) is 35.9 Å². The summed E-state index contributed by atoms with van der Waals surface area (Å²) in [5, 5.41) is 23.8. The number of benzene rings is 2. The van der Waals surface area contributed by atoms with Crippen LogP contribution in [0.3, 0.4) is 0 Å². The molecule has 10 heteroatoms. The number of carbonyl (C=O) groups excluding carboxylic acids is 1. The highest BCUT2D eigenvalue weighted by atomic mass is 35.5. The molecule has 4 rings (SSSR count). The molecule has 1 aliphatic rings. The molecule has 2 aromatic carbocycles. The van der Waals surface area contributed by atoms with Gasteiger partial charge in [0.1, 0.15) is 11.6 Å². The quantitative estimate of drug-likeness (QED) is 0.619. The molecule has 0 bridgehead atoms. The highest BCUT2D eigenvalue weighted by molar-refractivity contribution is 6.33. The predicted molar refractivity (Wildman–Crippen MR) is 107 cm³/mol. The number of rotatable bonds is 6. The van der Waals surface area contributed by atoms with Crippen molar-refractivity contribution in [1.82, 2.24) is 25.5 Å². The summed E-state index contributed by atoms with van der Waals surface area (Å²) in [4.78, 5) is 12.2. The molecule has 1 amide bonds. The smallest absolute Gasteiger partial charge is 0.410 e. The van der Waals surface area contributed by atoms with Gasteiger partial charge in [-0.15, -0.1) is 5.10 Å². The Hall–Kier alpha value is -3.04. The van der Waals surface area contributed by atoms with E-state index in [2.05, 4.69) is 20.8 Å². The van der Waals surface area contributed by atoms with Gasteiger partial charge in [-0.3, -0.25) is 0 Å². The molecule has 2 N–H and O–H groups in total. The number of carbonyl (C=O) groups is 1. The number of hydrogen-bond acceptors (Lipinski definition) is 6. The van der Waals surface area contributed by atoms with Gasteiger partial charge in [-0.25, -0.2) is 9.18 Å². The second-order valence-corrected chi connectivity index (χ2v) is 7.59. The minimum Gasteiger partial charge on any atom is -0.410 e. The summed E-state index contributed by atoms with van der Waals surface area (Å²) in [5.74, 6) is 0.783. The Kier molecular flexibility index (Phi) is 5.65. The number of halogens is 2. The third-order valence-corrected chi connectivity index (χ3v) is 4.98. The van der Waals surface area contributed by atoms with E-state index in [-0.39, 0.29) is 23.3 Å². The molecule has 1 saturated carbocycles. The van der Waals surface area contributed by atoms with Gasteiger partial charge in [0, 0.05) is 17.5 Å². The number of ether oxygens (including phenoxy) is 1. The van der Waals surface area contributed by atoms with Crippen molar-refractivity contribution in [2.75, 3.05) is 6.61 Å². The van der Waals surface area contributed by atoms with E-state index in [9.17, 15) is 9.18 Å². The Balaban J connectivity index is 1.75. The number of tetrazole rings is 1. The Bertz CT molecular complexity index is 1090. The lowest BCUT2D eigenvalue weighted by Crippen LogP contribution is -2.37. The van der Waals surface area contributed by atoms with Crippen molar-refractivity contribution in [3.05, 3.63) is 53.1 Å². The number of aliphatic hydroxyl groups excluding tert-OH is 1. The summed E-state index contributed by atoms with van der Waals surface area (Å²) in [6.07, 6.45) is 1.30. The molecule has 0 aliphatic heterocycles. The summed E-state index contributed by atoms with van der Waals surface area (Å²) in [7, 11) is 0. The number of nitrogens with zero attached hydrogens (tertiary/aromatic N) is 4. The van der Waals surface area contributed by atoms with Gasteiger partial charge in [-0.2, -0.15) is 4.68 Å². The van der Waals surface area contributed by atoms with Crippen LogP contribution in [0, 0.1) is 5.82 Å². The van der Waals surface area contributed by atoms with Crippen LogP contribution in [-0.4, -0.2) is 44.1 Å². The first-order valence-electron chi connectivity index (χ1n) is 9.43. The minimum atomic E-state index is -0.719. The molecule has 3 aromatic rings. The summed E-state index contributed by atoms with van der Waals surface area (Å²) >= 11 is 6.24. The second kappa shape index (κ2) is 8.37. The Morgan fingerprint density at radius 1 is 1.37 bits per heavy atom. The minimum absolute atomic E-state index is 0.218. The molecule has 1 atom stereocenters. The lowest BCUT2D eigenvalue weighted by molar-refractivity contribution is 0.186. The molecular formula is C20H19ClFN5O3. The Morgan fingerprint density at radius 2 is 2.17 bits per heavy atom. The maximum Gasteiger partial charge on any atom is 0.412 e. The first-order chi connectivity index (χ1) is 14.4. The topological polar surface area (TPSA) is 102 Å². The van der Waals surface area contributed by atoms with E-state index in [0.717, 1.165) is 18.7 Å². The van der Waals surface area contributed by atoms with Crippen LogP contribution in [-0.2, 0) is 0 Å². The molecule has 0 saturated heterocycles. The van der Waals surface area contributed by atoms with Crippen molar-refractivity contribution >= 4 is 17.7 Å². The number of aromatic nitrogens is 4. The average Bonchev–Trinajstić information content (AvgIpc) is 3.43. The molecule has 1 aromatic heterocycles. The Labute approximate surface area is 176 Å². The monoisotopic (exact) mass is 431 g/mol. The number of aliphatic hydroxyl groups is 1. The second-order valence-electron chi connectivity index (χ2n) is 7.18. The number of nitrogens with one attached hydrogen (secondary N) is 1. The lowest BCUT2D eigenvalue weighted by atomic mass is 10.0. The first kappa shape index (κ1) is 20.2. The van der Waals surface area contributed by atoms with E-state index in [1.165, 1.54) is 12.1 Å². The fourth-order valence-electron chi connectivity index (χ4n) is 3.00. The zero-order valence-electron chi connectivity index (χ0n) is 16.0. The van der Waals surface area contributed by atoms with Crippen molar-refractivity contribution in [3.8, 4) is 22.6 Å². The van der Waals surface area contributed by atoms with E-state index < -0.39 is 18.0 Å². The molecule has 1 fully saturated rings. The largest absolute Gasteiger partial charge is 0.412 e. The van der Waals surface area contributed by atoms with E-state index in [0.29, 0.717) is 16.8 Å². The van der Waals surface area contributed by atoms with Gasteiger partial charge < -0.3 is 15.2 Å². The van der Waals surface area contributed by atoms with Crippen molar-refractivity contribution < 1.29 is 19.0 Å². The molecular weight excluding hydrogens is 413 g/mol. The van der Waals surface area contributed by atoms with Crippen LogP contribution in [0.1, 0.15) is 31.5 Å². The van der Waals surface area contributed by atoms with Gasteiger partial charge in [0.15, 0.2) is 5.82 Å². The highest BCUT2D eigenvalue weighted by Crippen LogP contribution is 2.40. The third-order valence-electron chi connectivity index (χ3n) is 4.66. The molecule has 0 radical (unpaired) electrons. The maximum atomic E-state index is 13.5. The van der Waals surface area contributed by atoms with Crippen molar-refractivity contribution in [2.45, 2.75) is 31.7 Å². The van der Waals surface area contributed by atoms with Crippen LogP contribution in [0.5, 0.6) is 5.75 Å². The van der Waals surface area contributed by atoms with Gasteiger partial charge in [-0.1, -0.05) is 11.6 Å². The van der Waals surface area contributed by atoms with Crippen LogP contribution in [0.25, 0.3) is 16.8 Å². The lowest BCUT2D eigenvalue weighted by Gasteiger charge is -2.14. The van der Waals surface area contributed by atoms with E-state index in [1.807, 2.05) is 0 Å². The number of hydrogen-bond donors (Lipinski definition) is 2. The van der Waals surface area contributed by atoms with E-state index in [4.69, 9.17) is 21.4 Å². The van der Waals surface area contributed by atoms with Crippen molar-refractivity contribution in [2.24, 2.45) is 0 Å². The van der Waals surface area contributed by atoms with Crippen molar-refractivity contribution in [1.29, 1.82) is 0 Å². The number of amides is 1. The molecule has 156 valence electrons. The van der Waals surface area contributed by atoms with Gasteiger partial charge in [-0.05, 0) is 66.1 Å². The van der Waals surface area contributed by atoms with Crippen LogP contribution in [0.4, 0.5) is 9.18 Å². The predicted octanol–water partition coefficient (Wildman–Crippen LogP) is 3.47. The van der Waals surface area contributed by atoms with Gasteiger partial charge in [0.2, 0.25) is 0 Å². The standard InChI is InChI=1S/C20H19ClFN5O3/c1-11(10-28)23-20(29)30-16-7-13(17-5-4-14(22)8-18(17)21)6-15(9-16)27-19(12-2-3-12)24-25-26-27/h4-9,11-12,28H,2-3,10H2,1H3,(H,23,29)/t11-/m0/s1. The SMILES string of the molecule is C[C@@H](CO)NC(=O)Oc1cc(-c2ccc(F)cc2Cl)cc(-n2nnnc2C2CC2)c1. The van der Waals surface area contributed by atoms with E-state index >= 15 is 0 Å². The molecule has 0 spiro atoms. The molecule has 8 nitrogen and oxygen atoms in total. The summed E-state index contributed by atoms with van der Waals surface area (Å²) in [6.45, 7) is 1.42. The van der Waals surface area contributed by atoms with Gasteiger partial charge in [0.25, 0.3) is 0 Å². The van der Waals surface area contributed by atoms with Crippen LogP contribution in [0.15, 0.2) is 36.4 Å². The van der Waals surface area contributed by atoms with Crippen molar-refractivity contribution in [3.63, 3.8) is 0 Å². The third kappa shape index (κ3) is 4.42.